The van der Waals surface area contributed by atoms with E-state index in [1.807, 2.05) is 0 Å². The summed E-state index contributed by atoms with van der Waals surface area (Å²) in [6.45, 7) is 0.745. The van der Waals surface area contributed by atoms with Crippen molar-refractivity contribution >= 4 is 53.8 Å². The Balaban J connectivity index is 2.78. The third kappa shape index (κ3) is 1.39. The lowest BCUT2D eigenvalue weighted by atomic mass is 10.4. The lowest BCUT2D eigenvalue weighted by Gasteiger charge is -2.17. The maximum atomic E-state index is 10.9. The summed E-state index contributed by atoms with van der Waals surface area (Å²) in [6, 6.07) is 0. The highest BCUT2D eigenvalue weighted by molar-refractivity contribution is 9.26. The molecular formula is C4H4Br3NO. The van der Waals surface area contributed by atoms with Gasteiger partial charge in [0.2, 0.25) is 3.36 Å². The minimum atomic E-state index is -0.653. The number of carbonyl (C=O) groups is 1. The second-order valence-electron chi connectivity index (χ2n) is 1.80. The summed E-state index contributed by atoms with van der Waals surface area (Å²) in [6.07, 6.45) is 0.585. The summed E-state index contributed by atoms with van der Waals surface area (Å²) in [5.41, 5.74) is 0. The highest BCUT2D eigenvalue weighted by Gasteiger charge is 2.42. The fraction of sp³-hybridized carbons (Fsp3) is 0.750. The van der Waals surface area contributed by atoms with Crippen LogP contribution >= 0.6 is 48.0 Å². The molecule has 0 aromatic rings. The molecule has 1 saturated heterocycles. The predicted molar refractivity (Wildman–Crippen MR) is 45.8 cm³/mol. The smallest absolute Gasteiger partial charge is 0.200 e. The van der Waals surface area contributed by atoms with E-state index in [2.05, 4.69) is 48.0 Å². The van der Waals surface area contributed by atoms with Crippen LogP contribution in [0.3, 0.4) is 0 Å². The van der Waals surface area contributed by atoms with Crippen LogP contribution < -0.4 is 0 Å². The van der Waals surface area contributed by atoms with Gasteiger partial charge in [-0.1, -0.05) is 0 Å². The summed E-state index contributed by atoms with van der Waals surface area (Å²) in [4.78, 5) is 10.9. The third-order valence-electron chi connectivity index (χ3n) is 1.18. The summed E-state index contributed by atoms with van der Waals surface area (Å²) in [7, 11) is 0. The van der Waals surface area contributed by atoms with Crippen molar-refractivity contribution in [1.29, 1.82) is 0 Å². The standard InChI is InChI=1S/C4H4Br3NO/c5-4(6)3(9)1-2-8(4)7/h1-2H2. The monoisotopic (exact) mass is 319 g/mol. The summed E-state index contributed by atoms with van der Waals surface area (Å²) >= 11 is 9.66. The molecule has 9 heavy (non-hydrogen) atoms. The first kappa shape index (κ1) is 8.17. The molecule has 0 saturated carbocycles. The molecule has 2 nitrogen and oxygen atoms in total. The number of nitrogens with zero attached hydrogens (tertiary/aromatic N) is 1. The van der Waals surface area contributed by atoms with Crippen molar-refractivity contribution in [3.05, 3.63) is 0 Å². The van der Waals surface area contributed by atoms with E-state index >= 15 is 0 Å². The number of ketones is 1. The maximum absolute atomic E-state index is 10.9. The fourth-order valence-corrected chi connectivity index (χ4v) is 1.75. The molecule has 0 aliphatic carbocycles. The highest BCUT2D eigenvalue weighted by atomic mass is 79.9. The molecule has 1 rings (SSSR count). The fourth-order valence-electron chi connectivity index (χ4n) is 0.626. The maximum Gasteiger partial charge on any atom is 0.200 e. The molecule has 1 fully saturated rings. The lowest BCUT2D eigenvalue weighted by molar-refractivity contribution is -0.117. The number of halogens is 3. The van der Waals surface area contributed by atoms with Crippen LogP contribution in [-0.4, -0.2) is 19.6 Å². The Bertz CT molecular complexity index is 147. The quantitative estimate of drug-likeness (QED) is 0.386. The van der Waals surface area contributed by atoms with E-state index in [-0.39, 0.29) is 5.78 Å². The van der Waals surface area contributed by atoms with Gasteiger partial charge in [0, 0.05) is 29.1 Å². The van der Waals surface area contributed by atoms with Gasteiger partial charge < -0.3 is 0 Å². The van der Waals surface area contributed by atoms with Crippen molar-refractivity contribution in [2.24, 2.45) is 0 Å². The van der Waals surface area contributed by atoms with Crippen molar-refractivity contribution in [2.45, 2.75) is 9.78 Å². The van der Waals surface area contributed by atoms with Gasteiger partial charge in [-0.25, -0.2) is 3.93 Å². The molecule has 0 N–H and O–H groups in total. The van der Waals surface area contributed by atoms with Crippen LogP contribution in [0.1, 0.15) is 6.42 Å². The van der Waals surface area contributed by atoms with Gasteiger partial charge in [0.1, 0.15) is 0 Å². The molecule has 0 spiro atoms. The minimum absolute atomic E-state index is 0.152. The van der Waals surface area contributed by atoms with Gasteiger partial charge in [-0.2, -0.15) is 0 Å². The zero-order valence-corrected chi connectivity index (χ0v) is 9.16. The van der Waals surface area contributed by atoms with Crippen LogP contribution in [0.5, 0.6) is 0 Å². The SMILES string of the molecule is O=C1CCN(Br)C1(Br)Br. The van der Waals surface area contributed by atoms with Crippen molar-refractivity contribution in [2.75, 3.05) is 6.54 Å². The van der Waals surface area contributed by atoms with E-state index in [4.69, 9.17) is 0 Å². The zero-order chi connectivity index (χ0) is 7.07. The van der Waals surface area contributed by atoms with Crippen molar-refractivity contribution < 1.29 is 4.79 Å². The molecule has 0 atom stereocenters. The van der Waals surface area contributed by atoms with Gasteiger partial charge in [-0.15, -0.1) is 0 Å². The first-order chi connectivity index (χ1) is 4.05. The second-order valence-corrected chi connectivity index (χ2v) is 6.02. The number of rotatable bonds is 0. The Morgan fingerprint density at radius 2 is 2.11 bits per heavy atom. The summed E-state index contributed by atoms with van der Waals surface area (Å²) in [5.74, 6) is 0.152. The number of carbonyl (C=O) groups excluding carboxylic acids is 1. The molecule has 52 valence electrons. The molecule has 0 aromatic heterocycles. The van der Waals surface area contributed by atoms with Gasteiger partial charge in [-0.05, 0) is 31.9 Å². The van der Waals surface area contributed by atoms with E-state index in [1.165, 1.54) is 0 Å². The van der Waals surface area contributed by atoms with Crippen LogP contribution in [-0.2, 0) is 4.79 Å². The van der Waals surface area contributed by atoms with Gasteiger partial charge in [0.15, 0.2) is 5.78 Å². The number of hydrogen-bond donors (Lipinski definition) is 0. The van der Waals surface area contributed by atoms with E-state index < -0.39 is 3.36 Å². The molecule has 0 unspecified atom stereocenters. The number of Topliss-reactive ketones (excluding diaryl/α,β-unsaturated/α-hetero) is 1. The first-order valence-corrected chi connectivity index (χ1v) is 4.69. The Hall–Kier alpha value is 1.07. The number of hydrogen-bond acceptors (Lipinski definition) is 2. The van der Waals surface area contributed by atoms with Gasteiger partial charge in [-0.3, -0.25) is 4.79 Å². The van der Waals surface area contributed by atoms with Crippen LogP contribution in [0.15, 0.2) is 0 Å². The average Bonchev–Trinajstić information content (AvgIpc) is 1.96. The van der Waals surface area contributed by atoms with Crippen LogP contribution in [0.25, 0.3) is 0 Å². The first-order valence-electron chi connectivity index (χ1n) is 2.39. The second kappa shape index (κ2) is 2.60. The molecular weight excluding hydrogens is 318 g/mol. The number of alkyl halides is 2. The minimum Gasteiger partial charge on any atom is -0.296 e. The average molecular weight is 322 g/mol. The van der Waals surface area contributed by atoms with Gasteiger partial charge in [0.25, 0.3) is 0 Å². The molecule has 0 bridgehead atoms. The summed E-state index contributed by atoms with van der Waals surface area (Å²) < 4.78 is 1.09. The molecule has 1 aliphatic rings. The molecule has 0 aromatic carbocycles. The molecule has 0 radical (unpaired) electrons. The molecule has 0 amide bonds. The Kier molecular flexibility index (Phi) is 2.36. The highest BCUT2D eigenvalue weighted by Crippen LogP contribution is 2.39. The molecule has 1 aliphatic heterocycles. The van der Waals surface area contributed by atoms with Crippen molar-refractivity contribution in [3.63, 3.8) is 0 Å². The van der Waals surface area contributed by atoms with Crippen LogP contribution in [0.2, 0.25) is 0 Å². The van der Waals surface area contributed by atoms with Gasteiger partial charge >= 0.3 is 0 Å². The van der Waals surface area contributed by atoms with Crippen molar-refractivity contribution in [3.8, 4) is 0 Å². The van der Waals surface area contributed by atoms with Crippen LogP contribution in [0.4, 0.5) is 0 Å². The van der Waals surface area contributed by atoms with Crippen molar-refractivity contribution in [1.82, 2.24) is 3.93 Å². The van der Waals surface area contributed by atoms with E-state index in [1.54, 1.807) is 3.93 Å². The topological polar surface area (TPSA) is 20.3 Å². The lowest BCUT2D eigenvalue weighted by Crippen LogP contribution is -2.28. The van der Waals surface area contributed by atoms with Gasteiger partial charge in [0.05, 0.1) is 0 Å². The van der Waals surface area contributed by atoms with E-state index in [0.29, 0.717) is 6.42 Å². The Morgan fingerprint density at radius 3 is 2.22 bits per heavy atom. The molecule has 5 heteroatoms. The normalized spacial score (nSPS) is 27.2. The van der Waals surface area contributed by atoms with Crippen LogP contribution in [0, 0.1) is 0 Å². The summed E-state index contributed by atoms with van der Waals surface area (Å²) in [5, 5.41) is 0. The largest absolute Gasteiger partial charge is 0.296 e. The van der Waals surface area contributed by atoms with E-state index in [9.17, 15) is 4.79 Å². The molecule has 1 heterocycles. The third-order valence-corrected chi connectivity index (χ3v) is 4.75. The Morgan fingerprint density at radius 1 is 1.56 bits per heavy atom. The Labute approximate surface area is 78.6 Å². The zero-order valence-electron chi connectivity index (χ0n) is 4.40. The predicted octanol–water partition coefficient (Wildman–Crippen LogP) is 2.01. The van der Waals surface area contributed by atoms with E-state index in [0.717, 1.165) is 6.54 Å².